The number of carbonyl (C=O) groups is 1. The number of fused-ring (bicyclic) bond motifs is 1. The average Bonchev–Trinajstić information content (AvgIpc) is 3.18. The van der Waals surface area contributed by atoms with E-state index in [9.17, 15) is 4.79 Å². The van der Waals surface area contributed by atoms with Gasteiger partial charge in [-0.3, -0.25) is 9.36 Å². The largest absolute Gasteiger partial charge is 0.494 e. The van der Waals surface area contributed by atoms with E-state index in [1.54, 1.807) is 6.92 Å². The van der Waals surface area contributed by atoms with Crippen LogP contribution in [0, 0.1) is 5.92 Å². The van der Waals surface area contributed by atoms with Gasteiger partial charge in [0.25, 0.3) is 0 Å². The first-order chi connectivity index (χ1) is 15.1. The topological polar surface area (TPSA) is 64.4 Å². The van der Waals surface area contributed by atoms with Gasteiger partial charge in [-0.2, -0.15) is 0 Å². The summed E-state index contributed by atoms with van der Waals surface area (Å²) in [6.07, 6.45) is 2.32. The van der Waals surface area contributed by atoms with Crippen molar-refractivity contribution in [1.29, 1.82) is 0 Å². The second kappa shape index (κ2) is 9.47. The van der Waals surface area contributed by atoms with Crippen molar-refractivity contribution < 1.29 is 14.6 Å². The summed E-state index contributed by atoms with van der Waals surface area (Å²) in [4.78, 5) is 15.8. The fourth-order valence-corrected chi connectivity index (χ4v) is 3.63. The smallest absolute Gasteiger partial charge is 0.306 e. The molecule has 0 saturated carbocycles. The van der Waals surface area contributed by atoms with Gasteiger partial charge in [-0.1, -0.05) is 55.5 Å². The minimum absolute atomic E-state index is 0.312. The molecule has 0 aliphatic rings. The van der Waals surface area contributed by atoms with Crippen LogP contribution in [-0.4, -0.2) is 27.2 Å². The van der Waals surface area contributed by atoms with Gasteiger partial charge in [0, 0.05) is 17.3 Å². The highest BCUT2D eigenvalue weighted by molar-refractivity contribution is 5.84. The number of nitrogens with zero attached hydrogens (tertiary/aromatic N) is 2. The standard InChI is InChI=1S/C26H26N2O3/c1-19(26(29)30)10-8-9-17-31-22-15-16-23-24(18-22)28(21-13-6-3-7-14-21)25(27-23)20-11-4-2-5-12-20/h2-7,11-16,18-19H,8-10,17H2,1H3,(H,29,30). The van der Waals surface area contributed by atoms with E-state index < -0.39 is 5.97 Å². The number of aliphatic carboxylic acids is 1. The first-order valence-electron chi connectivity index (χ1n) is 10.6. The van der Waals surface area contributed by atoms with E-state index >= 15 is 0 Å². The molecule has 4 aromatic rings. The zero-order valence-electron chi connectivity index (χ0n) is 17.6. The van der Waals surface area contributed by atoms with Crippen molar-refractivity contribution in [2.45, 2.75) is 26.2 Å². The van der Waals surface area contributed by atoms with Crippen LogP contribution in [0.1, 0.15) is 26.2 Å². The van der Waals surface area contributed by atoms with Crippen molar-refractivity contribution in [2.24, 2.45) is 5.92 Å². The van der Waals surface area contributed by atoms with Crippen molar-refractivity contribution in [2.75, 3.05) is 6.61 Å². The van der Waals surface area contributed by atoms with Gasteiger partial charge in [-0.25, -0.2) is 4.98 Å². The molecule has 1 unspecified atom stereocenters. The van der Waals surface area contributed by atoms with Gasteiger partial charge in [0.05, 0.1) is 23.6 Å². The van der Waals surface area contributed by atoms with Gasteiger partial charge >= 0.3 is 5.97 Å². The Morgan fingerprint density at radius 1 is 1.00 bits per heavy atom. The number of carboxylic acid groups (broad SMARTS) is 1. The third-order valence-corrected chi connectivity index (χ3v) is 5.39. The van der Waals surface area contributed by atoms with E-state index in [0.29, 0.717) is 13.0 Å². The third kappa shape index (κ3) is 4.77. The summed E-state index contributed by atoms with van der Waals surface area (Å²) in [7, 11) is 0. The maximum atomic E-state index is 10.9. The fourth-order valence-electron chi connectivity index (χ4n) is 3.63. The Hall–Kier alpha value is -3.60. The summed E-state index contributed by atoms with van der Waals surface area (Å²) in [6.45, 7) is 2.30. The van der Waals surface area contributed by atoms with Gasteiger partial charge in [0.2, 0.25) is 0 Å². The van der Waals surface area contributed by atoms with Gasteiger partial charge in [0.15, 0.2) is 0 Å². The van der Waals surface area contributed by atoms with Gasteiger partial charge < -0.3 is 9.84 Å². The van der Waals surface area contributed by atoms with Crippen molar-refractivity contribution in [3.8, 4) is 22.8 Å². The predicted octanol–water partition coefficient (Wildman–Crippen LogP) is 5.96. The molecule has 5 nitrogen and oxygen atoms in total. The molecule has 1 heterocycles. The quantitative estimate of drug-likeness (QED) is 0.343. The molecular weight excluding hydrogens is 388 g/mol. The number of unbranched alkanes of at least 4 members (excludes halogenated alkanes) is 1. The first-order valence-corrected chi connectivity index (χ1v) is 10.6. The number of para-hydroxylation sites is 1. The molecule has 0 aliphatic carbocycles. The molecule has 1 N–H and O–H groups in total. The minimum Gasteiger partial charge on any atom is -0.494 e. The maximum Gasteiger partial charge on any atom is 0.306 e. The number of benzene rings is 3. The Kier molecular flexibility index (Phi) is 6.32. The normalized spacial score (nSPS) is 12.0. The van der Waals surface area contributed by atoms with Crippen molar-refractivity contribution in [3.05, 3.63) is 78.9 Å². The number of imidazole rings is 1. The molecule has 0 saturated heterocycles. The molecule has 1 atom stereocenters. The number of ether oxygens (including phenoxy) is 1. The zero-order valence-corrected chi connectivity index (χ0v) is 17.6. The lowest BCUT2D eigenvalue weighted by atomic mass is 10.1. The molecule has 0 aliphatic heterocycles. The highest BCUT2D eigenvalue weighted by Gasteiger charge is 2.15. The monoisotopic (exact) mass is 414 g/mol. The van der Waals surface area contributed by atoms with E-state index in [0.717, 1.165) is 46.7 Å². The Morgan fingerprint density at radius 3 is 2.42 bits per heavy atom. The summed E-state index contributed by atoms with van der Waals surface area (Å²) in [6, 6.07) is 26.3. The molecule has 0 amide bonds. The lowest BCUT2D eigenvalue weighted by Gasteiger charge is -2.11. The van der Waals surface area contributed by atoms with Crippen LogP contribution in [-0.2, 0) is 4.79 Å². The number of hydrogen-bond acceptors (Lipinski definition) is 3. The minimum atomic E-state index is -0.741. The van der Waals surface area contributed by atoms with Crippen LogP contribution in [0.5, 0.6) is 5.75 Å². The number of hydrogen-bond donors (Lipinski definition) is 1. The summed E-state index contributed by atoms with van der Waals surface area (Å²) in [5.74, 6) is 0.625. The Labute approximate surface area is 181 Å². The van der Waals surface area contributed by atoms with Crippen LogP contribution in [0.3, 0.4) is 0 Å². The van der Waals surface area contributed by atoms with Crippen LogP contribution in [0.4, 0.5) is 0 Å². The summed E-state index contributed by atoms with van der Waals surface area (Å²) < 4.78 is 8.13. The van der Waals surface area contributed by atoms with Gasteiger partial charge in [-0.15, -0.1) is 0 Å². The van der Waals surface area contributed by atoms with Crippen LogP contribution in [0.2, 0.25) is 0 Å². The highest BCUT2D eigenvalue weighted by atomic mass is 16.5. The maximum absolute atomic E-state index is 10.9. The third-order valence-electron chi connectivity index (χ3n) is 5.39. The molecule has 0 fully saturated rings. The van der Waals surface area contributed by atoms with E-state index in [1.807, 2.05) is 54.6 Å². The van der Waals surface area contributed by atoms with Crippen molar-refractivity contribution in [1.82, 2.24) is 9.55 Å². The second-order valence-corrected chi connectivity index (χ2v) is 7.71. The first kappa shape index (κ1) is 20.7. The number of rotatable bonds is 9. The summed E-state index contributed by atoms with van der Waals surface area (Å²) in [5, 5.41) is 8.98. The molecule has 31 heavy (non-hydrogen) atoms. The number of aromatic nitrogens is 2. The molecule has 158 valence electrons. The molecule has 5 heteroatoms. The lowest BCUT2D eigenvalue weighted by molar-refractivity contribution is -0.141. The molecular formula is C26H26N2O3. The van der Waals surface area contributed by atoms with E-state index in [1.165, 1.54) is 0 Å². The van der Waals surface area contributed by atoms with E-state index in [-0.39, 0.29) is 5.92 Å². The van der Waals surface area contributed by atoms with Crippen LogP contribution in [0.15, 0.2) is 78.9 Å². The van der Waals surface area contributed by atoms with Crippen molar-refractivity contribution >= 4 is 17.0 Å². The summed E-state index contributed by atoms with van der Waals surface area (Å²) >= 11 is 0. The molecule has 0 bridgehead atoms. The Balaban J connectivity index is 1.59. The Morgan fingerprint density at radius 2 is 1.71 bits per heavy atom. The molecule has 1 aromatic heterocycles. The van der Waals surface area contributed by atoms with Crippen LogP contribution < -0.4 is 4.74 Å². The fraction of sp³-hybridized carbons (Fsp3) is 0.231. The SMILES string of the molecule is CC(CCCCOc1ccc2nc(-c3ccccc3)n(-c3ccccc3)c2c1)C(=O)O. The second-order valence-electron chi connectivity index (χ2n) is 7.71. The summed E-state index contributed by atoms with van der Waals surface area (Å²) in [5.41, 5.74) is 3.99. The molecule has 4 rings (SSSR count). The highest BCUT2D eigenvalue weighted by Crippen LogP contribution is 2.30. The van der Waals surface area contributed by atoms with Crippen molar-refractivity contribution in [3.63, 3.8) is 0 Å². The molecule has 0 radical (unpaired) electrons. The van der Waals surface area contributed by atoms with Gasteiger partial charge in [-0.05, 0) is 43.5 Å². The van der Waals surface area contributed by atoms with E-state index in [4.69, 9.17) is 14.8 Å². The average molecular weight is 415 g/mol. The van der Waals surface area contributed by atoms with E-state index in [2.05, 4.69) is 28.8 Å². The zero-order chi connectivity index (χ0) is 21.6. The Bertz CT molecular complexity index is 1150. The van der Waals surface area contributed by atoms with Gasteiger partial charge in [0.1, 0.15) is 11.6 Å². The predicted molar refractivity (Wildman–Crippen MR) is 123 cm³/mol. The number of carboxylic acids is 1. The molecule has 0 spiro atoms. The lowest BCUT2D eigenvalue weighted by Crippen LogP contribution is -2.09. The van der Waals surface area contributed by atoms with Crippen LogP contribution in [0.25, 0.3) is 28.1 Å². The van der Waals surface area contributed by atoms with Crippen LogP contribution >= 0.6 is 0 Å². The molecule has 3 aromatic carbocycles.